The molecule has 9 atom stereocenters. The molecule has 0 amide bonds. The number of hydrogen-bond acceptors (Lipinski definition) is 10. The van der Waals surface area contributed by atoms with Crippen LogP contribution in [-0.4, -0.2) is 84.6 Å². The zero-order valence-corrected chi connectivity index (χ0v) is 23.9. The first-order valence-corrected chi connectivity index (χ1v) is 14.4. The van der Waals surface area contributed by atoms with E-state index in [1.54, 1.807) is 12.2 Å². The lowest BCUT2D eigenvalue weighted by molar-refractivity contribution is -0.232. The summed E-state index contributed by atoms with van der Waals surface area (Å²) in [5.41, 5.74) is -1.81. The van der Waals surface area contributed by atoms with Gasteiger partial charge >= 0.3 is 17.9 Å². The first-order chi connectivity index (χ1) is 19.5. The van der Waals surface area contributed by atoms with Gasteiger partial charge in [-0.2, -0.15) is 0 Å². The highest BCUT2D eigenvalue weighted by molar-refractivity contribution is 5.84. The van der Waals surface area contributed by atoms with Gasteiger partial charge < -0.3 is 33.5 Å². The number of cyclic esters (lactones) is 1. The van der Waals surface area contributed by atoms with Crippen LogP contribution in [0.3, 0.4) is 0 Å². The molecule has 4 unspecified atom stereocenters. The molecule has 6 aliphatic rings. The third kappa shape index (κ3) is 4.17. The normalized spacial score (nSPS) is 44.2. The highest BCUT2D eigenvalue weighted by Gasteiger charge is 2.83. The number of esters is 3. The van der Waals surface area contributed by atoms with Crippen molar-refractivity contribution in [2.75, 3.05) is 19.8 Å². The van der Waals surface area contributed by atoms with Crippen LogP contribution in [0, 0.1) is 10.8 Å². The molecular formula is C31H38O10. The van der Waals surface area contributed by atoms with E-state index in [-0.39, 0.29) is 25.4 Å². The molecule has 1 saturated carbocycles. The summed E-state index contributed by atoms with van der Waals surface area (Å²) in [5.74, 6) is -1.73. The molecule has 2 aliphatic carbocycles. The molecule has 6 rings (SSSR count). The number of epoxide rings is 1. The van der Waals surface area contributed by atoms with E-state index in [1.807, 2.05) is 0 Å². The number of carbonyl (C=O) groups excluding carboxylic acids is 3. The van der Waals surface area contributed by atoms with Gasteiger partial charge in [-0.15, -0.1) is 0 Å². The first-order valence-electron chi connectivity index (χ1n) is 14.4. The summed E-state index contributed by atoms with van der Waals surface area (Å²) < 4.78 is 36.6. The van der Waals surface area contributed by atoms with Gasteiger partial charge in [-0.1, -0.05) is 30.7 Å². The number of rotatable bonds is 2. The smallest absolute Gasteiger partial charge is 0.331 e. The van der Waals surface area contributed by atoms with Gasteiger partial charge in [0, 0.05) is 30.9 Å². The Labute approximate surface area is 239 Å². The molecule has 0 aromatic rings. The van der Waals surface area contributed by atoms with Gasteiger partial charge in [0.1, 0.15) is 18.3 Å². The van der Waals surface area contributed by atoms with Crippen molar-refractivity contribution in [1.82, 2.24) is 0 Å². The van der Waals surface area contributed by atoms with Crippen molar-refractivity contribution in [3.8, 4) is 0 Å². The molecule has 2 spiro atoms. The maximum Gasteiger partial charge on any atom is 0.331 e. The van der Waals surface area contributed by atoms with Crippen molar-refractivity contribution >= 4 is 17.9 Å². The van der Waals surface area contributed by atoms with Gasteiger partial charge in [0.15, 0.2) is 11.7 Å². The second kappa shape index (κ2) is 9.90. The van der Waals surface area contributed by atoms with Crippen molar-refractivity contribution < 1.29 is 47.9 Å². The summed E-state index contributed by atoms with van der Waals surface area (Å²) in [6.45, 7) is 7.61. The van der Waals surface area contributed by atoms with Crippen molar-refractivity contribution in [2.24, 2.45) is 10.8 Å². The molecular weight excluding hydrogens is 532 g/mol. The third-order valence-corrected chi connectivity index (χ3v) is 10.4. The van der Waals surface area contributed by atoms with Crippen LogP contribution in [0.4, 0.5) is 0 Å². The Balaban J connectivity index is 1.45. The quantitative estimate of drug-likeness (QED) is 0.229. The minimum atomic E-state index is -1.48. The predicted octanol–water partition coefficient (Wildman–Crippen LogP) is 2.64. The van der Waals surface area contributed by atoms with Gasteiger partial charge in [-0.25, -0.2) is 9.59 Å². The largest absolute Gasteiger partial charge is 0.462 e. The topological polar surface area (TPSA) is 130 Å². The van der Waals surface area contributed by atoms with Crippen molar-refractivity contribution in [1.29, 1.82) is 0 Å². The number of hydrogen-bond donors (Lipinski definition) is 1. The Morgan fingerprint density at radius 2 is 1.90 bits per heavy atom. The van der Waals surface area contributed by atoms with Crippen LogP contribution in [0.15, 0.2) is 47.6 Å². The van der Waals surface area contributed by atoms with E-state index in [0.29, 0.717) is 31.4 Å². The van der Waals surface area contributed by atoms with Crippen LogP contribution >= 0.6 is 0 Å². The standard InChI is InChI=1S/C31H38O10/c1-18-8-11-29-16-36-26(35)14-21-9-12-37-30(19(2)32,27(21)39-20(3)33)10-6-5-7-25(34)41-22-15-24(40-23(29)13-18)31(17-38-31)28(22,29)4/h5-7,10,13-14,19,22-24,27,32H,8-9,11-12,15-17H2,1-4H3/t19?,22-,23?,24?,27-,28-,29-,30?,31-/m1/s1. The monoisotopic (exact) mass is 570 g/mol. The highest BCUT2D eigenvalue weighted by atomic mass is 16.6. The molecule has 4 fully saturated rings. The number of fused-ring (bicyclic) bond motifs is 2. The van der Waals surface area contributed by atoms with E-state index in [1.165, 1.54) is 37.6 Å². The summed E-state index contributed by atoms with van der Waals surface area (Å²) in [7, 11) is 0. The number of allylic oxidation sites excluding steroid dienone is 3. The van der Waals surface area contributed by atoms with E-state index in [4.69, 9.17) is 28.4 Å². The zero-order chi connectivity index (χ0) is 29.2. The van der Waals surface area contributed by atoms with E-state index in [0.717, 1.165) is 6.42 Å². The van der Waals surface area contributed by atoms with Crippen molar-refractivity contribution in [3.05, 3.63) is 47.6 Å². The second-order valence-electron chi connectivity index (χ2n) is 12.4. The lowest BCUT2D eigenvalue weighted by atomic mass is 9.51. The van der Waals surface area contributed by atoms with Gasteiger partial charge in [-0.3, -0.25) is 4.79 Å². The second-order valence-corrected chi connectivity index (χ2v) is 12.4. The summed E-state index contributed by atoms with van der Waals surface area (Å²) in [6.07, 6.45) is 8.28. The molecule has 0 aromatic heterocycles. The van der Waals surface area contributed by atoms with Gasteiger partial charge in [0.2, 0.25) is 0 Å². The predicted molar refractivity (Wildman–Crippen MR) is 143 cm³/mol. The van der Waals surface area contributed by atoms with Crippen LogP contribution in [0.5, 0.6) is 0 Å². The Morgan fingerprint density at radius 3 is 2.61 bits per heavy atom. The molecule has 4 heterocycles. The summed E-state index contributed by atoms with van der Waals surface area (Å²) in [5, 5.41) is 10.8. The summed E-state index contributed by atoms with van der Waals surface area (Å²) in [4.78, 5) is 38.8. The van der Waals surface area contributed by atoms with Gasteiger partial charge in [0.25, 0.3) is 0 Å². The molecule has 1 N–H and O–H groups in total. The van der Waals surface area contributed by atoms with E-state index >= 15 is 0 Å². The molecule has 10 nitrogen and oxygen atoms in total. The average molecular weight is 571 g/mol. The van der Waals surface area contributed by atoms with Crippen LogP contribution in [0.25, 0.3) is 0 Å². The van der Waals surface area contributed by atoms with Crippen LogP contribution in [0.1, 0.15) is 53.4 Å². The minimum Gasteiger partial charge on any atom is -0.462 e. The molecule has 41 heavy (non-hydrogen) atoms. The first kappa shape index (κ1) is 28.3. The maximum absolute atomic E-state index is 13.5. The summed E-state index contributed by atoms with van der Waals surface area (Å²) in [6, 6.07) is 0. The highest BCUT2D eigenvalue weighted by Crippen LogP contribution is 2.72. The van der Waals surface area contributed by atoms with Crippen LogP contribution < -0.4 is 0 Å². The molecule has 222 valence electrons. The van der Waals surface area contributed by atoms with Gasteiger partial charge in [0.05, 0.1) is 36.9 Å². The fraction of sp³-hybridized carbons (Fsp3) is 0.645. The summed E-state index contributed by atoms with van der Waals surface area (Å²) >= 11 is 0. The lowest BCUT2D eigenvalue weighted by Crippen LogP contribution is -2.66. The van der Waals surface area contributed by atoms with Crippen LogP contribution in [-0.2, 0) is 42.8 Å². The SMILES string of the molecule is CC(=O)O[C@@H]1C2=CC(=O)OC[C@]34CCC(C)=CC3OC3C[C@@H](OC(=O)C=CC=CC1(C(C)O)OCC2)[C@@]4(C)[C@@]31CO1. The van der Waals surface area contributed by atoms with E-state index < -0.39 is 58.3 Å². The lowest BCUT2D eigenvalue weighted by Gasteiger charge is -2.58. The number of aliphatic hydroxyl groups excluding tert-OH is 1. The maximum atomic E-state index is 13.5. The minimum absolute atomic E-state index is 0.0263. The third-order valence-electron chi connectivity index (χ3n) is 10.4. The number of carbonyl (C=O) groups is 3. The number of aliphatic hydroxyl groups is 1. The fourth-order valence-corrected chi connectivity index (χ4v) is 7.98. The van der Waals surface area contributed by atoms with E-state index in [9.17, 15) is 19.5 Å². The van der Waals surface area contributed by atoms with Crippen molar-refractivity contribution in [2.45, 2.75) is 95.1 Å². The molecule has 10 heteroatoms. The average Bonchev–Trinajstić information content (AvgIpc) is 3.69. The number of ether oxygens (including phenoxy) is 6. The Morgan fingerprint density at radius 1 is 1.12 bits per heavy atom. The Hall–Kier alpha value is -2.79. The van der Waals surface area contributed by atoms with Crippen LogP contribution in [0.2, 0.25) is 0 Å². The molecule has 3 saturated heterocycles. The molecule has 4 bridgehead atoms. The van der Waals surface area contributed by atoms with E-state index in [2.05, 4.69) is 19.9 Å². The Kier molecular flexibility index (Phi) is 6.84. The van der Waals surface area contributed by atoms with Crippen molar-refractivity contribution in [3.63, 3.8) is 0 Å². The molecule has 4 aliphatic heterocycles. The molecule has 0 aromatic carbocycles. The van der Waals surface area contributed by atoms with Gasteiger partial charge in [-0.05, 0) is 44.8 Å². The molecule has 0 radical (unpaired) electrons. The zero-order valence-electron chi connectivity index (χ0n) is 23.9. The Bertz CT molecular complexity index is 1260. The fourth-order valence-electron chi connectivity index (χ4n) is 7.98.